The molecule has 1 aromatic carbocycles. The molecule has 8 heteroatoms. The Morgan fingerprint density at radius 1 is 1.32 bits per heavy atom. The summed E-state index contributed by atoms with van der Waals surface area (Å²) in [5.41, 5.74) is 1.46. The molecule has 0 radical (unpaired) electrons. The van der Waals surface area contributed by atoms with Crippen molar-refractivity contribution in [3.63, 3.8) is 0 Å². The Bertz CT molecular complexity index is 650. The maximum absolute atomic E-state index is 13.7. The molecule has 1 heterocycles. The summed E-state index contributed by atoms with van der Waals surface area (Å²) in [7, 11) is 1.55. The molecular weight excluding hydrogens is 476 g/mol. The number of piperidine rings is 1. The molecule has 0 aliphatic carbocycles. The second kappa shape index (κ2) is 12.9. The fraction of sp³-hybridized carbons (Fsp3) is 0.600. The first-order valence-corrected chi connectivity index (χ1v) is 9.55. The normalized spacial score (nSPS) is 15.1. The number of aliphatic imine (C=N–C) groups is 1. The fourth-order valence-corrected chi connectivity index (χ4v) is 3.17. The van der Waals surface area contributed by atoms with E-state index in [0.717, 1.165) is 44.0 Å². The number of nitrogens with one attached hydrogen (secondary N) is 1. The van der Waals surface area contributed by atoms with Crippen molar-refractivity contribution in [2.45, 2.75) is 39.8 Å². The number of rotatable bonds is 7. The van der Waals surface area contributed by atoms with E-state index in [4.69, 9.17) is 14.5 Å². The van der Waals surface area contributed by atoms with Gasteiger partial charge in [0.25, 0.3) is 0 Å². The molecule has 1 saturated heterocycles. The van der Waals surface area contributed by atoms with Gasteiger partial charge in [-0.25, -0.2) is 9.38 Å². The summed E-state index contributed by atoms with van der Waals surface area (Å²) in [6, 6.07) is 4.99. The number of ether oxygens (including phenoxy) is 2. The van der Waals surface area contributed by atoms with Crippen molar-refractivity contribution in [1.29, 1.82) is 0 Å². The third kappa shape index (κ3) is 7.20. The van der Waals surface area contributed by atoms with Crippen molar-refractivity contribution >= 4 is 35.9 Å². The number of esters is 1. The van der Waals surface area contributed by atoms with E-state index in [1.165, 1.54) is 6.07 Å². The lowest BCUT2D eigenvalue weighted by Crippen LogP contribution is -2.46. The van der Waals surface area contributed by atoms with Crippen LogP contribution in [0.1, 0.15) is 37.8 Å². The third-order valence-electron chi connectivity index (χ3n) is 4.57. The molecule has 0 atom stereocenters. The van der Waals surface area contributed by atoms with Crippen LogP contribution in [0.2, 0.25) is 0 Å². The summed E-state index contributed by atoms with van der Waals surface area (Å²) in [5, 5.41) is 3.30. The molecule has 1 fully saturated rings. The van der Waals surface area contributed by atoms with Gasteiger partial charge in [-0.1, -0.05) is 6.07 Å². The van der Waals surface area contributed by atoms with Crippen molar-refractivity contribution in [2.24, 2.45) is 10.9 Å². The summed E-state index contributed by atoms with van der Waals surface area (Å²) >= 11 is 0. The minimum absolute atomic E-state index is 0. The number of benzene rings is 1. The monoisotopic (exact) mass is 507 g/mol. The minimum Gasteiger partial charge on any atom is -0.466 e. The maximum atomic E-state index is 13.7. The first-order valence-electron chi connectivity index (χ1n) is 9.55. The molecule has 2 rings (SSSR count). The lowest BCUT2D eigenvalue weighted by Gasteiger charge is -2.33. The average molecular weight is 507 g/mol. The van der Waals surface area contributed by atoms with Crippen molar-refractivity contribution in [3.05, 3.63) is 35.1 Å². The van der Waals surface area contributed by atoms with Crippen molar-refractivity contribution in [1.82, 2.24) is 10.2 Å². The van der Waals surface area contributed by atoms with Crippen LogP contribution in [0.5, 0.6) is 0 Å². The van der Waals surface area contributed by atoms with Gasteiger partial charge < -0.3 is 19.7 Å². The number of guanidine groups is 1. The van der Waals surface area contributed by atoms with E-state index in [9.17, 15) is 9.18 Å². The van der Waals surface area contributed by atoms with Crippen LogP contribution in [0.15, 0.2) is 23.2 Å². The SMILES string of the molecule is CCNC(=NCc1ccc(F)c(COC)c1)N1CCC(C(=O)OCC)CC1.I. The quantitative estimate of drug-likeness (QED) is 0.266. The number of carbonyl (C=O) groups excluding carboxylic acids is 1. The highest BCUT2D eigenvalue weighted by atomic mass is 127. The van der Waals surface area contributed by atoms with Crippen LogP contribution in [-0.4, -0.2) is 50.2 Å². The second-order valence-electron chi connectivity index (χ2n) is 6.54. The molecule has 1 aliphatic heterocycles. The van der Waals surface area contributed by atoms with Crippen LogP contribution in [0.25, 0.3) is 0 Å². The number of carbonyl (C=O) groups is 1. The number of hydrogen-bond acceptors (Lipinski definition) is 4. The van der Waals surface area contributed by atoms with Crippen LogP contribution >= 0.6 is 24.0 Å². The zero-order valence-electron chi connectivity index (χ0n) is 16.9. The van der Waals surface area contributed by atoms with E-state index in [1.54, 1.807) is 19.2 Å². The largest absolute Gasteiger partial charge is 0.466 e. The zero-order chi connectivity index (χ0) is 19.6. The van der Waals surface area contributed by atoms with Gasteiger partial charge in [-0.2, -0.15) is 0 Å². The molecule has 1 N–H and O–H groups in total. The van der Waals surface area contributed by atoms with E-state index < -0.39 is 0 Å². The smallest absolute Gasteiger partial charge is 0.309 e. The van der Waals surface area contributed by atoms with Gasteiger partial charge >= 0.3 is 5.97 Å². The molecule has 28 heavy (non-hydrogen) atoms. The van der Waals surface area contributed by atoms with Crippen molar-refractivity contribution in [3.8, 4) is 0 Å². The molecule has 158 valence electrons. The number of hydrogen-bond donors (Lipinski definition) is 1. The summed E-state index contributed by atoms with van der Waals surface area (Å²) in [4.78, 5) is 18.8. The van der Waals surface area contributed by atoms with Crippen molar-refractivity contribution < 1.29 is 18.7 Å². The lowest BCUT2D eigenvalue weighted by molar-refractivity contribution is -0.149. The van der Waals surface area contributed by atoms with Gasteiger partial charge in [-0.15, -0.1) is 24.0 Å². The van der Waals surface area contributed by atoms with Crippen LogP contribution in [0, 0.1) is 11.7 Å². The zero-order valence-corrected chi connectivity index (χ0v) is 19.2. The molecule has 0 spiro atoms. The van der Waals surface area contributed by atoms with Crippen LogP contribution in [-0.2, 0) is 27.4 Å². The van der Waals surface area contributed by atoms with Gasteiger partial charge in [-0.05, 0) is 44.4 Å². The minimum atomic E-state index is -0.266. The summed E-state index contributed by atoms with van der Waals surface area (Å²) in [6.07, 6.45) is 1.52. The lowest BCUT2D eigenvalue weighted by atomic mass is 9.97. The standard InChI is InChI=1S/C20H30FN3O3.HI/c1-4-22-20(24-10-8-16(9-11-24)19(25)27-5-2)23-13-15-6-7-18(21)17(12-15)14-26-3;/h6-7,12,16H,4-5,8-11,13-14H2,1-3H3,(H,22,23);1H. The Morgan fingerprint density at radius 3 is 2.64 bits per heavy atom. The topological polar surface area (TPSA) is 63.2 Å². The first kappa shape index (κ1) is 24.6. The van der Waals surface area contributed by atoms with Gasteiger partial charge in [0, 0.05) is 32.3 Å². The van der Waals surface area contributed by atoms with Crippen molar-refractivity contribution in [2.75, 3.05) is 33.4 Å². The Kier molecular flexibility index (Phi) is 11.4. The fourth-order valence-electron chi connectivity index (χ4n) is 3.17. The molecule has 1 aromatic rings. The highest BCUT2D eigenvalue weighted by molar-refractivity contribution is 14.0. The number of nitrogens with zero attached hydrogens (tertiary/aromatic N) is 2. The van der Waals surface area contributed by atoms with Crippen LogP contribution in [0.3, 0.4) is 0 Å². The maximum Gasteiger partial charge on any atom is 0.309 e. The predicted octanol–water partition coefficient (Wildman–Crippen LogP) is 3.33. The Morgan fingerprint density at radius 2 is 2.04 bits per heavy atom. The van der Waals surface area contributed by atoms with Crippen LogP contribution in [0.4, 0.5) is 4.39 Å². The molecule has 0 amide bonds. The Labute approximate surface area is 183 Å². The van der Waals surface area contributed by atoms with Gasteiger partial charge in [0.1, 0.15) is 5.82 Å². The predicted molar refractivity (Wildman–Crippen MR) is 118 cm³/mol. The number of methoxy groups -OCH3 is 1. The highest BCUT2D eigenvalue weighted by Crippen LogP contribution is 2.19. The summed E-state index contributed by atoms with van der Waals surface area (Å²) in [5.74, 6) is 0.420. The van der Waals surface area contributed by atoms with Gasteiger partial charge in [0.15, 0.2) is 5.96 Å². The molecule has 0 unspecified atom stereocenters. The molecule has 0 aromatic heterocycles. The molecular formula is C20H31FIN3O3. The van der Waals surface area contributed by atoms with Gasteiger partial charge in [0.2, 0.25) is 0 Å². The van der Waals surface area contributed by atoms with E-state index in [1.807, 2.05) is 13.8 Å². The number of halogens is 2. The molecule has 0 bridgehead atoms. The van der Waals surface area contributed by atoms with Crippen LogP contribution < -0.4 is 5.32 Å². The summed E-state index contributed by atoms with van der Waals surface area (Å²) in [6.45, 7) is 7.25. The van der Waals surface area contributed by atoms with E-state index in [-0.39, 0.29) is 48.3 Å². The third-order valence-corrected chi connectivity index (χ3v) is 4.57. The summed E-state index contributed by atoms with van der Waals surface area (Å²) < 4.78 is 23.9. The van der Waals surface area contributed by atoms with Gasteiger partial charge in [-0.3, -0.25) is 4.79 Å². The highest BCUT2D eigenvalue weighted by Gasteiger charge is 2.27. The molecule has 0 saturated carbocycles. The van der Waals surface area contributed by atoms with E-state index >= 15 is 0 Å². The molecule has 6 nitrogen and oxygen atoms in total. The second-order valence-corrected chi connectivity index (χ2v) is 6.54. The first-order chi connectivity index (χ1) is 13.1. The Hall–Kier alpha value is -1.42. The molecule has 1 aliphatic rings. The number of likely N-dealkylation sites (tertiary alicyclic amines) is 1. The van der Waals surface area contributed by atoms with Gasteiger partial charge in [0.05, 0.1) is 25.7 Å². The Balaban J connectivity index is 0.00000392. The van der Waals surface area contributed by atoms with E-state index in [2.05, 4.69) is 10.2 Å². The van der Waals surface area contributed by atoms with E-state index in [0.29, 0.717) is 18.7 Å². The average Bonchev–Trinajstić information content (AvgIpc) is 2.68.